The molecule has 1 aliphatic rings. The van der Waals surface area contributed by atoms with Crippen LogP contribution in [0.1, 0.15) is 5.56 Å². The Morgan fingerprint density at radius 1 is 1.26 bits per heavy atom. The second kappa shape index (κ2) is 3.19. The van der Waals surface area contributed by atoms with Crippen LogP contribution in [0.4, 0.5) is 0 Å². The van der Waals surface area contributed by atoms with E-state index in [1.54, 1.807) is 11.3 Å². The summed E-state index contributed by atoms with van der Waals surface area (Å²) in [7, 11) is 0. The van der Waals surface area contributed by atoms with Crippen molar-refractivity contribution in [2.45, 2.75) is 6.54 Å². The fraction of sp³-hybridized carbons (Fsp3) is 0.0714. The average Bonchev–Trinajstić information content (AvgIpc) is 3.05. The lowest BCUT2D eigenvalue weighted by atomic mass is 10.2. The molecule has 0 fully saturated rings. The van der Waals surface area contributed by atoms with Gasteiger partial charge in [0.1, 0.15) is 6.54 Å². The zero-order valence-electron chi connectivity index (χ0n) is 9.95. The third-order valence-electron chi connectivity index (χ3n) is 3.63. The molecule has 1 aliphatic heterocycles. The Morgan fingerprint density at radius 3 is 3.26 bits per heavy atom. The summed E-state index contributed by atoms with van der Waals surface area (Å²) in [4.78, 5) is 10.0. The highest BCUT2D eigenvalue weighted by Crippen LogP contribution is 2.34. The Bertz CT molecular complexity index is 951. The number of rotatable bonds is 0. The number of hydrogen-bond donors (Lipinski definition) is 0. The van der Waals surface area contributed by atoms with Gasteiger partial charge in [0.05, 0.1) is 6.20 Å². The second-order valence-corrected chi connectivity index (χ2v) is 5.67. The molecule has 0 bridgehead atoms. The number of hydrogen-bond acceptors (Lipinski definition) is 3. The molecule has 0 spiro atoms. The van der Waals surface area contributed by atoms with Crippen molar-refractivity contribution in [3.63, 3.8) is 0 Å². The summed E-state index contributed by atoms with van der Waals surface area (Å²) in [6.07, 6.45) is 5.90. The maximum atomic E-state index is 4.70. The topological polar surface area (TPSA) is 34.1 Å². The number of imidazole rings is 1. The molecule has 5 rings (SSSR count). The molecule has 5 heterocycles. The number of nitrogens with zero attached hydrogens (tertiary/aromatic N) is 4. The fourth-order valence-electron chi connectivity index (χ4n) is 2.80. The minimum atomic E-state index is 0.890. The molecule has 0 atom stereocenters. The van der Waals surface area contributed by atoms with E-state index >= 15 is 0 Å². The molecule has 0 saturated heterocycles. The lowest BCUT2D eigenvalue weighted by Gasteiger charge is -1.91. The molecule has 5 heteroatoms. The molecule has 19 heavy (non-hydrogen) atoms. The minimum absolute atomic E-state index is 0.890. The van der Waals surface area contributed by atoms with Gasteiger partial charge >= 0.3 is 5.65 Å². The second-order valence-electron chi connectivity index (χ2n) is 4.70. The molecule has 4 nitrogen and oxygen atoms in total. The van der Waals surface area contributed by atoms with Gasteiger partial charge in [0.25, 0.3) is 0 Å². The third-order valence-corrected chi connectivity index (χ3v) is 4.73. The van der Waals surface area contributed by atoms with Gasteiger partial charge in [0.15, 0.2) is 5.01 Å². The van der Waals surface area contributed by atoms with Crippen LogP contribution in [-0.4, -0.2) is 14.4 Å². The van der Waals surface area contributed by atoms with Gasteiger partial charge in [0.2, 0.25) is 10.5 Å². The van der Waals surface area contributed by atoms with Gasteiger partial charge in [-0.25, -0.2) is 4.57 Å². The van der Waals surface area contributed by atoms with Gasteiger partial charge in [-0.1, -0.05) is 17.4 Å². The summed E-state index contributed by atoms with van der Waals surface area (Å²) in [6, 6.07) is 8.21. The average molecular weight is 265 g/mol. The first-order valence-corrected chi connectivity index (χ1v) is 6.96. The van der Waals surface area contributed by atoms with Crippen molar-refractivity contribution < 1.29 is 4.57 Å². The van der Waals surface area contributed by atoms with Gasteiger partial charge < -0.3 is 0 Å². The van der Waals surface area contributed by atoms with Crippen molar-refractivity contribution in [3.8, 4) is 10.6 Å². The maximum absolute atomic E-state index is 4.70. The summed E-state index contributed by atoms with van der Waals surface area (Å²) in [5, 5.41) is 1.29. The van der Waals surface area contributed by atoms with E-state index in [0.717, 1.165) is 17.0 Å². The first kappa shape index (κ1) is 9.63. The zero-order chi connectivity index (χ0) is 12.4. The van der Waals surface area contributed by atoms with Crippen molar-refractivity contribution >= 4 is 27.5 Å². The summed E-state index contributed by atoms with van der Waals surface area (Å²) in [5.74, 6) is 0. The molecular formula is C14H9N4S+. The monoisotopic (exact) mass is 265 g/mol. The molecule has 0 unspecified atom stereocenters. The molecule has 0 saturated carbocycles. The minimum Gasteiger partial charge on any atom is -0.264 e. The quantitative estimate of drug-likeness (QED) is 0.402. The van der Waals surface area contributed by atoms with Crippen LogP contribution in [0, 0.1) is 0 Å². The van der Waals surface area contributed by atoms with E-state index in [0.29, 0.717) is 0 Å². The van der Waals surface area contributed by atoms with Crippen molar-refractivity contribution in [2.24, 2.45) is 0 Å². The SMILES string of the molecule is c1ccn2c(c1)nc1sc3[n+](c12)Cc1cnccc1-3. The zero-order valence-corrected chi connectivity index (χ0v) is 10.8. The highest BCUT2D eigenvalue weighted by Gasteiger charge is 2.31. The van der Waals surface area contributed by atoms with E-state index in [-0.39, 0.29) is 0 Å². The highest BCUT2D eigenvalue weighted by atomic mass is 32.1. The smallest absolute Gasteiger partial charge is 0.264 e. The lowest BCUT2D eigenvalue weighted by Crippen LogP contribution is -2.31. The first-order chi connectivity index (χ1) is 9.42. The van der Waals surface area contributed by atoms with Crippen molar-refractivity contribution in [1.29, 1.82) is 0 Å². The maximum Gasteiger partial charge on any atom is 0.326 e. The van der Waals surface area contributed by atoms with Gasteiger partial charge in [-0.3, -0.25) is 4.98 Å². The Labute approximate surface area is 112 Å². The van der Waals surface area contributed by atoms with Crippen LogP contribution in [-0.2, 0) is 6.54 Å². The van der Waals surface area contributed by atoms with Gasteiger partial charge in [-0.15, -0.1) is 0 Å². The summed E-state index contributed by atoms with van der Waals surface area (Å²) >= 11 is 1.76. The van der Waals surface area contributed by atoms with E-state index < -0.39 is 0 Å². The Hall–Kier alpha value is -2.27. The number of pyridine rings is 2. The van der Waals surface area contributed by atoms with Crippen LogP contribution in [0.15, 0.2) is 42.9 Å². The van der Waals surface area contributed by atoms with Crippen LogP contribution in [0.3, 0.4) is 0 Å². The van der Waals surface area contributed by atoms with Crippen LogP contribution in [0.2, 0.25) is 0 Å². The Morgan fingerprint density at radius 2 is 2.26 bits per heavy atom. The van der Waals surface area contributed by atoms with E-state index in [2.05, 4.69) is 26.2 Å². The van der Waals surface area contributed by atoms with Crippen molar-refractivity contribution in [2.75, 3.05) is 0 Å². The number of thiazole rings is 1. The molecule has 0 radical (unpaired) electrons. The Balaban J connectivity index is 1.94. The number of fused-ring (bicyclic) bond motifs is 7. The van der Waals surface area contributed by atoms with Crippen molar-refractivity contribution in [3.05, 3.63) is 48.4 Å². The summed E-state index contributed by atoms with van der Waals surface area (Å²) < 4.78 is 4.50. The lowest BCUT2D eigenvalue weighted by molar-refractivity contribution is -0.644. The van der Waals surface area contributed by atoms with Crippen molar-refractivity contribution in [1.82, 2.24) is 14.4 Å². The van der Waals surface area contributed by atoms with Gasteiger partial charge in [0, 0.05) is 29.6 Å². The molecule has 0 aliphatic carbocycles. The van der Waals surface area contributed by atoms with Crippen LogP contribution >= 0.6 is 11.3 Å². The molecule has 0 N–H and O–H groups in total. The number of aromatic nitrogens is 4. The van der Waals surface area contributed by atoms with Crippen LogP contribution in [0.5, 0.6) is 0 Å². The fourth-order valence-corrected chi connectivity index (χ4v) is 3.99. The van der Waals surface area contributed by atoms with E-state index in [4.69, 9.17) is 4.98 Å². The Kier molecular flexibility index (Phi) is 1.62. The largest absolute Gasteiger partial charge is 0.326 e. The molecule has 4 aromatic heterocycles. The standard InChI is InChI=1S/C14H9N4S/c1-2-6-17-11(3-1)16-12-13(17)18-8-9-7-15-5-4-10(9)14(18)19-12/h1-7H,8H2/q+1. The predicted octanol–water partition coefficient (Wildman–Crippen LogP) is 2.26. The summed E-state index contributed by atoms with van der Waals surface area (Å²) in [5.41, 5.74) is 4.78. The third kappa shape index (κ3) is 1.11. The molecule has 0 aromatic carbocycles. The normalized spacial score (nSPS) is 13.1. The molecule has 90 valence electrons. The van der Waals surface area contributed by atoms with E-state index in [1.165, 1.54) is 21.8 Å². The van der Waals surface area contributed by atoms with Crippen LogP contribution in [0.25, 0.3) is 26.7 Å². The van der Waals surface area contributed by atoms with Gasteiger partial charge in [-0.2, -0.15) is 9.38 Å². The predicted molar refractivity (Wildman–Crippen MR) is 73.1 cm³/mol. The van der Waals surface area contributed by atoms with Gasteiger partial charge in [-0.05, 0) is 12.1 Å². The molecular weight excluding hydrogens is 256 g/mol. The van der Waals surface area contributed by atoms with Crippen LogP contribution < -0.4 is 4.57 Å². The van der Waals surface area contributed by atoms with E-state index in [1.807, 2.05) is 30.6 Å². The molecule has 4 aromatic rings. The highest BCUT2D eigenvalue weighted by molar-refractivity contribution is 7.20. The van der Waals surface area contributed by atoms with E-state index in [9.17, 15) is 0 Å². The first-order valence-electron chi connectivity index (χ1n) is 6.14. The molecule has 0 amide bonds. The summed E-state index contributed by atoms with van der Waals surface area (Å²) in [6.45, 7) is 0.890.